The van der Waals surface area contributed by atoms with Crippen LogP contribution in [0.15, 0.2) is 47.0 Å². The standard InChI is InChI=1S/C22H27N3O8/c1-6-32-17(26)10-12(2)23-22(28)33-20-14(4)24-13(3)18(21(27)31-5)19(20)15-8-7-9-16(11-15)25(29)30/h7-9,11-12,19,24H,6,10H2,1-5H3,(H,23,28). The number of nitro benzene ring substituents is 1. The highest BCUT2D eigenvalue weighted by atomic mass is 16.6. The van der Waals surface area contributed by atoms with Gasteiger partial charge in [-0.3, -0.25) is 14.9 Å². The Labute approximate surface area is 190 Å². The zero-order valence-corrected chi connectivity index (χ0v) is 19.1. The van der Waals surface area contributed by atoms with E-state index in [0.29, 0.717) is 17.0 Å². The first-order chi connectivity index (χ1) is 15.6. The second-order valence-electron chi connectivity index (χ2n) is 7.37. The summed E-state index contributed by atoms with van der Waals surface area (Å²) in [7, 11) is 1.21. The number of rotatable bonds is 8. The van der Waals surface area contributed by atoms with Crippen molar-refractivity contribution in [2.24, 2.45) is 0 Å². The quantitative estimate of drug-likeness (QED) is 0.258. The van der Waals surface area contributed by atoms with Crippen LogP contribution in [0, 0.1) is 10.1 Å². The van der Waals surface area contributed by atoms with Crippen LogP contribution in [0.4, 0.5) is 10.5 Å². The predicted molar refractivity (Wildman–Crippen MR) is 117 cm³/mol. The Morgan fingerprint density at radius 1 is 1.24 bits per heavy atom. The van der Waals surface area contributed by atoms with Crippen molar-refractivity contribution < 1.29 is 33.5 Å². The van der Waals surface area contributed by atoms with Gasteiger partial charge in [0.2, 0.25) is 0 Å². The number of hydrogen-bond donors (Lipinski definition) is 2. The van der Waals surface area contributed by atoms with Crippen LogP contribution in [0.1, 0.15) is 45.6 Å². The minimum Gasteiger partial charge on any atom is -0.466 e. The highest BCUT2D eigenvalue weighted by Crippen LogP contribution is 2.40. The maximum atomic E-state index is 12.6. The average Bonchev–Trinajstić information content (AvgIpc) is 2.74. The fraction of sp³-hybridized carbons (Fsp3) is 0.409. The Balaban J connectivity index is 2.40. The fourth-order valence-electron chi connectivity index (χ4n) is 3.48. The van der Waals surface area contributed by atoms with Crippen LogP contribution in [0.5, 0.6) is 0 Å². The Kier molecular flexibility index (Phi) is 8.55. The maximum Gasteiger partial charge on any atom is 0.412 e. The normalized spacial score (nSPS) is 16.5. The number of dihydropyridines is 1. The number of carbonyl (C=O) groups excluding carboxylic acids is 3. The zero-order valence-electron chi connectivity index (χ0n) is 19.1. The molecule has 0 fully saturated rings. The van der Waals surface area contributed by atoms with E-state index in [1.807, 2.05) is 0 Å². The molecule has 2 atom stereocenters. The number of ether oxygens (including phenoxy) is 3. The lowest BCUT2D eigenvalue weighted by molar-refractivity contribution is -0.384. The monoisotopic (exact) mass is 461 g/mol. The van der Waals surface area contributed by atoms with E-state index in [9.17, 15) is 24.5 Å². The molecule has 0 bridgehead atoms. The summed E-state index contributed by atoms with van der Waals surface area (Å²) in [6.07, 6.45) is -0.915. The van der Waals surface area contributed by atoms with Crippen molar-refractivity contribution in [3.63, 3.8) is 0 Å². The molecule has 0 aliphatic carbocycles. The minimum absolute atomic E-state index is 0.0556. The Bertz CT molecular complexity index is 1010. The van der Waals surface area contributed by atoms with Gasteiger partial charge in [0.25, 0.3) is 5.69 Å². The summed E-state index contributed by atoms with van der Waals surface area (Å²) >= 11 is 0. The van der Waals surface area contributed by atoms with Crippen molar-refractivity contribution in [3.05, 3.63) is 62.7 Å². The largest absolute Gasteiger partial charge is 0.466 e. The zero-order chi connectivity index (χ0) is 24.7. The summed E-state index contributed by atoms with van der Waals surface area (Å²) < 4.78 is 15.3. The van der Waals surface area contributed by atoms with E-state index in [1.54, 1.807) is 33.8 Å². The minimum atomic E-state index is -0.940. The van der Waals surface area contributed by atoms with Crippen molar-refractivity contribution >= 4 is 23.7 Å². The second kappa shape index (κ2) is 11.1. The number of allylic oxidation sites excluding steroid dienone is 3. The van der Waals surface area contributed by atoms with Crippen molar-refractivity contribution in [3.8, 4) is 0 Å². The van der Waals surface area contributed by atoms with Gasteiger partial charge in [0.1, 0.15) is 5.76 Å². The van der Waals surface area contributed by atoms with E-state index in [4.69, 9.17) is 14.2 Å². The van der Waals surface area contributed by atoms with Gasteiger partial charge in [-0.2, -0.15) is 0 Å². The summed E-state index contributed by atoms with van der Waals surface area (Å²) in [6.45, 7) is 6.81. The lowest BCUT2D eigenvalue weighted by atomic mass is 9.85. The third-order valence-corrected chi connectivity index (χ3v) is 4.86. The first kappa shape index (κ1) is 25.4. The number of non-ortho nitro benzene ring substituents is 1. The van der Waals surface area contributed by atoms with E-state index >= 15 is 0 Å². The molecule has 1 aliphatic heterocycles. The summed E-state index contributed by atoms with van der Waals surface area (Å²) in [5, 5.41) is 16.8. The summed E-state index contributed by atoms with van der Waals surface area (Å²) in [4.78, 5) is 47.6. The van der Waals surface area contributed by atoms with E-state index in [1.165, 1.54) is 25.3 Å². The highest BCUT2D eigenvalue weighted by Gasteiger charge is 2.37. The lowest BCUT2D eigenvalue weighted by Gasteiger charge is -2.30. The van der Waals surface area contributed by atoms with E-state index in [2.05, 4.69) is 10.6 Å². The van der Waals surface area contributed by atoms with Gasteiger partial charge < -0.3 is 24.8 Å². The van der Waals surface area contributed by atoms with Crippen LogP contribution >= 0.6 is 0 Å². The Hall–Kier alpha value is -3.89. The molecule has 0 saturated heterocycles. The third kappa shape index (κ3) is 6.31. The fourth-order valence-corrected chi connectivity index (χ4v) is 3.48. The highest BCUT2D eigenvalue weighted by molar-refractivity contribution is 5.92. The van der Waals surface area contributed by atoms with Gasteiger partial charge in [-0.05, 0) is 33.3 Å². The van der Waals surface area contributed by atoms with Crippen LogP contribution in [0.3, 0.4) is 0 Å². The van der Waals surface area contributed by atoms with Gasteiger partial charge in [0.15, 0.2) is 0 Å². The van der Waals surface area contributed by atoms with Crippen LogP contribution in [-0.2, 0) is 23.8 Å². The van der Waals surface area contributed by atoms with Crippen LogP contribution in [0.2, 0.25) is 0 Å². The molecule has 1 aromatic rings. The number of carbonyl (C=O) groups is 3. The van der Waals surface area contributed by atoms with Crippen LogP contribution < -0.4 is 10.6 Å². The Morgan fingerprint density at radius 3 is 2.55 bits per heavy atom. The number of hydrogen-bond acceptors (Lipinski definition) is 9. The van der Waals surface area contributed by atoms with Crippen molar-refractivity contribution in [2.75, 3.05) is 13.7 Å². The third-order valence-electron chi connectivity index (χ3n) is 4.86. The predicted octanol–water partition coefficient (Wildman–Crippen LogP) is 3.03. The maximum absolute atomic E-state index is 12.6. The molecular formula is C22H27N3O8. The number of benzene rings is 1. The molecule has 2 unspecified atom stereocenters. The van der Waals surface area contributed by atoms with E-state index in [0.717, 1.165) is 0 Å². The van der Waals surface area contributed by atoms with E-state index < -0.39 is 34.9 Å². The number of esters is 2. The smallest absolute Gasteiger partial charge is 0.412 e. The number of amides is 1. The SMILES string of the molecule is CCOC(=O)CC(C)NC(=O)OC1=C(C)NC(C)=C(C(=O)OC)C1c1cccc([N+](=O)[O-])c1. The van der Waals surface area contributed by atoms with Gasteiger partial charge >= 0.3 is 18.0 Å². The number of alkyl carbamates (subject to hydrolysis) is 1. The topological polar surface area (TPSA) is 146 Å². The van der Waals surface area contributed by atoms with Gasteiger partial charge in [0.05, 0.1) is 42.2 Å². The average molecular weight is 461 g/mol. The van der Waals surface area contributed by atoms with E-state index in [-0.39, 0.29) is 30.0 Å². The molecule has 1 heterocycles. The molecule has 0 aromatic heterocycles. The number of methoxy groups -OCH3 is 1. The molecule has 0 saturated carbocycles. The first-order valence-corrected chi connectivity index (χ1v) is 10.2. The van der Waals surface area contributed by atoms with Crippen LogP contribution in [-0.4, -0.2) is 42.7 Å². The first-order valence-electron chi connectivity index (χ1n) is 10.2. The molecule has 1 amide bonds. The molecule has 33 heavy (non-hydrogen) atoms. The van der Waals surface area contributed by atoms with Gasteiger partial charge in [-0.15, -0.1) is 0 Å². The summed E-state index contributed by atoms with van der Waals surface area (Å²) in [5.74, 6) is -2.02. The Morgan fingerprint density at radius 2 is 1.94 bits per heavy atom. The van der Waals surface area contributed by atoms with Crippen molar-refractivity contribution in [1.82, 2.24) is 10.6 Å². The second-order valence-corrected chi connectivity index (χ2v) is 7.37. The molecule has 178 valence electrons. The van der Waals surface area contributed by atoms with Crippen LogP contribution in [0.25, 0.3) is 0 Å². The number of nitrogens with zero attached hydrogens (tertiary/aromatic N) is 1. The van der Waals surface area contributed by atoms with Gasteiger partial charge in [-0.25, -0.2) is 9.59 Å². The number of nitro groups is 1. The molecular weight excluding hydrogens is 434 g/mol. The van der Waals surface area contributed by atoms with Gasteiger partial charge in [0, 0.05) is 23.9 Å². The molecule has 2 N–H and O–H groups in total. The van der Waals surface area contributed by atoms with Crippen molar-refractivity contribution in [1.29, 1.82) is 0 Å². The summed E-state index contributed by atoms with van der Waals surface area (Å²) in [5.41, 5.74) is 1.22. The molecule has 11 nitrogen and oxygen atoms in total. The molecule has 1 aliphatic rings. The molecule has 0 spiro atoms. The summed E-state index contributed by atoms with van der Waals surface area (Å²) in [6, 6.07) is 5.12. The molecule has 2 rings (SSSR count). The van der Waals surface area contributed by atoms with Crippen molar-refractivity contribution in [2.45, 2.75) is 46.1 Å². The van der Waals surface area contributed by atoms with Gasteiger partial charge in [-0.1, -0.05) is 12.1 Å². The lowest BCUT2D eigenvalue weighted by Crippen LogP contribution is -2.37. The molecule has 0 radical (unpaired) electrons. The molecule has 1 aromatic carbocycles. The molecule has 11 heteroatoms. The number of nitrogens with one attached hydrogen (secondary N) is 2.